The van der Waals surface area contributed by atoms with Gasteiger partial charge in [0.15, 0.2) is 0 Å². The number of aliphatic hydroxyl groups excluding tert-OH is 1. The van der Waals surface area contributed by atoms with E-state index < -0.39 is 6.43 Å². The van der Waals surface area contributed by atoms with Crippen LogP contribution in [0.5, 0.6) is 0 Å². The van der Waals surface area contributed by atoms with Crippen molar-refractivity contribution >= 4 is 5.84 Å². The van der Waals surface area contributed by atoms with Crippen molar-refractivity contribution in [3.05, 3.63) is 34.9 Å². The molecular weight excluding hydrogens is 252 g/mol. The van der Waals surface area contributed by atoms with E-state index in [2.05, 4.69) is 0 Å². The molecule has 0 spiro atoms. The standard InChI is InChI=1S/C13H19F2N3O/c1-9-6-10(13(16)17)2-3-11(9)7-18(4-5-19)8-12(14)15/h2-3,6,12,19H,4-5,7-8H2,1H3,(H3,16,17). The van der Waals surface area contributed by atoms with Gasteiger partial charge in [0, 0.05) is 18.7 Å². The van der Waals surface area contributed by atoms with Gasteiger partial charge in [-0.1, -0.05) is 12.1 Å². The van der Waals surface area contributed by atoms with Crippen molar-refractivity contribution in [2.24, 2.45) is 5.73 Å². The monoisotopic (exact) mass is 271 g/mol. The summed E-state index contributed by atoms with van der Waals surface area (Å²) in [4.78, 5) is 1.50. The van der Waals surface area contributed by atoms with Gasteiger partial charge >= 0.3 is 0 Å². The third-order valence-electron chi connectivity index (χ3n) is 2.86. The van der Waals surface area contributed by atoms with Gasteiger partial charge in [-0.15, -0.1) is 0 Å². The summed E-state index contributed by atoms with van der Waals surface area (Å²) >= 11 is 0. The van der Waals surface area contributed by atoms with Crippen LogP contribution in [0, 0.1) is 12.3 Å². The van der Waals surface area contributed by atoms with Gasteiger partial charge in [-0.2, -0.15) is 0 Å². The summed E-state index contributed by atoms with van der Waals surface area (Å²) in [5.41, 5.74) is 7.78. The highest BCUT2D eigenvalue weighted by atomic mass is 19.3. The summed E-state index contributed by atoms with van der Waals surface area (Å²) in [6, 6.07) is 5.24. The van der Waals surface area contributed by atoms with Crippen molar-refractivity contribution in [2.45, 2.75) is 19.9 Å². The molecule has 0 amide bonds. The second-order valence-electron chi connectivity index (χ2n) is 4.40. The van der Waals surface area contributed by atoms with Crippen molar-refractivity contribution in [1.82, 2.24) is 4.90 Å². The van der Waals surface area contributed by atoms with Crippen LogP contribution < -0.4 is 5.73 Å². The Morgan fingerprint density at radius 2 is 2.16 bits per heavy atom. The molecule has 106 valence electrons. The number of nitrogens with two attached hydrogens (primary N) is 1. The molecule has 0 fully saturated rings. The number of rotatable bonds is 7. The zero-order valence-electron chi connectivity index (χ0n) is 10.9. The molecule has 0 saturated carbocycles. The third kappa shape index (κ3) is 4.92. The fraction of sp³-hybridized carbons (Fsp3) is 0.462. The molecule has 1 rings (SSSR count). The zero-order chi connectivity index (χ0) is 14.4. The van der Waals surface area contributed by atoms with Crippen LogP contribution in [0.3, 0.4) is 0 Å². The van der Waals surface area contributed by atoms with Crippen molar-refractivity contribution in [2.75, 3.05) is 19.7 Å². The second kappa shape index (κ2) is 7.16. The Kier molecular flexibility index (Phi) is 5.85. The molecule has 0 aliphatic rings. The number of amidine groups is 1. The SMILES string of the molecule is Cc1cc(C(=N)N)ccc1CN(CCO)CC(F)F. The fourth-order valence-corrected chi connectivity index (χ4v) is 1.85. The average Bonchev–Trinajstić information content (AvgIpc) is 2.31. The van der Waals surface area contributed by atoms with Gasteiger partial charge < -0.3 is 10.8 Å². The van der Waals surface area contributed by atoms with E-state index in [1.807, 2.05) is 6.92 Å². The lowest BCUT2D eigenvalue weighted by atomic mass is 10.0. The van der Waals surface area contributed by atoms with E-state index in [9.17, 15) is 8.78 Å². The van der Waals surface area contributed by atoms with Gasteiger partial charge in [-0.05, 0) is 24.1 Å². The molecule has 1 aromatic rings. The lowest BCUT2D eigenvalue weighted by molar-refractivity contribution is 0.0745. The fourth-order valence-electron chi connectivity index (χ4n) is 1.85. The van der Waals surface area contributed by atoms with Crippen LogP contribution in [0.25, 0.3) is 0 Å². The van der Waals surface area contributed by atoms with Gasteiger partial charge in [0.1, 0.15) is 5.84 Å². The van der Waals surface area contributed by atoms with Gasteiger partial charge in [-0.25, -0.2) is 8.78 Å². The van der Waals surface area contributed by atoms with Crippen molar-refractivity contribution < 1.29 is 13.9 Å². The Hall–Kier alpha value is -1.53. The summed E-state index contributed by atoms with van der Waals surface area (Å²) in [7, 11) is 0. The summed E-state index contributed by atoms with van der Waals surface area (Å²) < 4.78 is 24.8. The quantitative estimate of drug-likeness (QED) is 0.517. The lowest BCUT2D eigenvalue weighted by Crippen LogP contribution is -2.31. The van der Waals surface area contributed by atoms with E-state index >= 15 is 0 Å². The van der Waals surface area contributed by atoms with Gasteiger partial charge in [0.2, 0.25) is 0 Å². The molecule has 0 unspecified atom stereocenters. The van der Waals surface area contributed by atoms with Crippen LogP contribution in [0.2, 0.25) is 0 Å². The topological polar surface area (TPSA) is 73.3 Å². The zero-order valence-corrected chi connectivity index (χ0v) is 10.9. The number of benzene rings is 1. The molecular formula is C13H19F2N3O. The summed E-state index contributed by atoms with van der Waals surface area (Å²) in [5, 5.41) is 16.2. The number of aryl methyl sites for hydroxylation is 1. The normalized spacial score (nSPS) is 11.3. The van der Waals surface area contributed by atoms with Crippen LogP contribution in [0.1, 0.15) is 16.7 Å². The molecule has 0 bridgehead atoms. The van der Waals surface area contributed by atoms with Crippen molar-refractivity contribution in [3.63, 3.8) is 0 Å². The van der Waals surface area contributed by atoms with Crippen LogP contribution in [0.15, 0.2) is 18.2 Å². The number of hydrogen-bond acceptors (Lipinski definition) is 3. The molecule has 6 heteroatoms. The first-order chi connectivity index (χ1) is 8.93. The maximum absolute atomic E-state index is 12.4. The van der Waals surface area contributed by atoms with Crippen LogP contribution in [0.4, 0.5) is 8.78 Å². The first-order valence-corrected chi connectivity index (χ1v) is 5.99. The second-order valence-corrected chi connectivity index (χ2v) is 4.40. The van der Waals surface area contributed by atoms with Gasteiger partial charge in [-0.3, -0.25) is 10.3 Å². The first-order valence-electron chi connectivity index (χ1n) is 5.99. The summed E-state index contributed by atoms with van der Waals surface area (Å²) in [6.07, 6.45) is -2.43. The summed E-state index contributed by atoms with van der Waals surface area (Å²) in [5.74, 6) is -0.0190. The number of nitrogens with zero attached hydrogens (tertiary/aromatic N) is 1. The molecule has 0 aliphatic heterocycles. The van der Waals surface area contributed by atoms with E-state index in [4.69, 9.17) is 16.2 Å². The van der Waals surface area contributed by atoms with Crippen LogP contribution >= 0.6 is 0 Å². The predicted molar refractivity (Wildman–Crippen MR) is 70.6 cm³/mol. The minimum absolute atomic E-state index is 0.0190. The Morgan fingerprint density at radius 3 is 2.63 bits per heavy atom. The molecule has 0 atom stereocenters. The molecule has 0 saturated heterocycles. The number of hydrogen-bond donors (Lipinski definition) is 3. The highest BCUT2D eigenvalue weighted by Gasteiger charge is 2.13. The molecule has 1 aromatic carbocycles. The summed E-state index contributed by atoms with van der Waals surface area (Å²) in [6.45, 7) is 1.88. The largest absolute Gasteiger partial charge is 0.395 e. The minimum Gasteiger partial charge on any atom is -0.395 e. The number of nitrogens with one attached hydrogen (secondary N) is 1. The Balaban J connectivity index is 2.81. The number of nitrogen functional groups attached to an aromatic ring is 1. The Morgan fingerprint density at radius 1 is 1.47 bits per heavy atom. The molecule has 19 heavy (non-hydrogen) atoms. The highest BCUT2D eigenvalue weighted by Crippen LogP contribution is 2.14. The number of aliphatic hydroxyl groups is 1. The molecule has 0 aromatic heterocycles. The van der Waals surface area contributed by atoms with E-state index in [0.29, 0.717) is 12.1 Å². The number of halogens is 2. The Bertz CT molecular complexity index is 438. The number of alkyl halides is 2. The smallest absolute Gasteiger partial charge is 0.251 e. The van der Waals surface area contributed by atoms with Crippen molar-refractivity contribution in [1.29, 1.82) is 5.41 Å². The average molecular weight is 271 g/mol. The van der Waals surface area contributed by atoms with Crippen LogP contribution in [-0.2, 0) is 6.54 Å². The van der Waals surface area contributed by atoms with Crippen LogP contribution in [-0.4, -0.2) is 42.0 Å². The van der Waals surface area contributed by atoms with E-state index in [-0.39, 0.29) is 25.5 Å². The van der Waals surface area contributed by atoms with E-state index in [1.165, 1.54) is 4.90 Å². The maximum atomic E-state index is 12.4. The Labute approximate surface area is 111 Å². The maximum Gasteiger partial charge on any atom is 0.251 e. The molecule has 4 nitrogen and oxygen atoms in total. The minimum atomic E-state index is -2.43. The van der Waals surface area contributed by atoms with E-state index in [0.717, 1.165) is 11.1 Å². The van der Waals surface area contributed by atoms with E-state index in [1.54, 1.807) is 18.2 Å². The molecule has 0 heterocycles. The van der Waals surface area contributed by atoms with Crippen molar-refractivity contribution in [3.8, 4) is 0 Å². The predicted octanol–water partition coefficient (Wildman–Crippen LogP) is 1.34. The van der Waals surface area contributed by atoms with Gasteiger partial charge in [0.05, 0.1) is 13.2 Å². The molecule has 0 aliphatic carbocycles. The third-order valence-corrected chi connectivity index (χ3v) is 2.86. The first kappa shape index (κ1) is 15.5. The molecule has 4 N–H and O–H groups in total. The van der Waals surface area contributed by atoms with Gasteiger partial charge in [0.25, 0.3) is 6.43 Å². The highest BCUT2D eigenvalue weighted by molar-refractivity contribution is 5.95. The lowest BCUT2D eigenvalue weighted by Gasteiger charge is -2.22. The molecule has 0 radical (unpaired) electrons.